The molecule has 2 saturated carbocycles. The largest absolute Gasteiger partial charge is 0.385 e. The van der Waals surface area contributed by atoms with E-state index in [1.165, 1.54) is 57.8 Å². The summed E-state index contributed by atoms with van der Waals surface area (Å²) in [4.78, 5) is 4.37. The Morgan fingerprint density at radius 1 is 1.04 bits per heavy atom. The fraction of sp³-hybridized carbons (Fsp3) is 0.950. The first-order valence-corrected chi connectivity index (χ1v) is 10.3. The number of methoxy groups -OCH3 is 1. The number of rotatable bonds is 10. The minimum absolute atomic E-state index is 0.387. The number of nitrogens with one attached hydrogen (secondary N) is 2. The lowest BCUT2D eigenvalue weighted by Gasteiger charge is -2.30. The summed E-state index contributed by atoms with van der Waals surface area (Å²) >= 11 is 0. The maximum Gasteiger partial charge on any atom is 0.190 e. The summed E-state index contributed by atoms with van der Waals surface area (Å²) in [6.07, 6.45) is 14.5. The van der Waals surface area contributed by atoms with Crippen LogP contribution in [0.4, 0.5) is 0 Å². The maximum atomic E-state index is 5.99. The highest BCUT2D eigenvalue weighted by atomic mass is 16.5. The molecule has 2 N–H and O–H groups in total. The number of nitrogens with zero attached hydrogens (tertiary/aromatic N) is 1. The topological polar surface area (TPSA) is 54.9 Å². The van der Waals surface area contributed by atoms with Crippen LogP contribution < -0.4 is 10.6 Å². The molecule has 0 spiro atoms. The minimum atomic E-state index is 0.387. The van der Waals surface area contributed by atoms with Gasteiger partial charge < -0.3 is 20.1 Å². The van der Waals surface area contributed by atoms with Crippen LogP contribution in [0.2, 0.25) is 0 Å². The molecule has 0 aromatic carbocycles. The van der Waals surface area contributed by atoms with Crippen molar-refractivity contribution in [2.24, 2.45) is 10.4 Å². The fourth-order valence-electron chi connectivity index (χ4n) is 4.21. The van der Waals surface area contributed by atoms with Crippen molar-refractivity contribution in [1.82, 2.24) is 10.6 Å². The SMILES string of the molecule is CN=C(NCCCOC1CCCCC1)NCC1(CCOC)CCCC1. The standard InChI is InChI=1S/C20H39N3O2/c1-21-19(22-14-8-15-25-18-9-4-3-5-10-18)23-17-20(13-16-24-2)11-6-7-12-20/h18H,3-17H2,1-2H3,(H2,21,22,23). The Hall–Kier alpha value is -0.810. The van der Waals surface area contributed by atoms with Gasteiger partial charge in [-0.25, -0.2) is 0 Å². The molecule has 0 atom stereocenters. The first-order valence-electron chi connectivity index (χ1n) is 10.3. The molecule has 0 amide bonds. The quantitative estimate of drug-likeness (QED) is 0.359. The van der Waals surface area contributed by atoms with Crippen LogP contribution in [0.3, 0.4) is 0 Å². The second-order valence-electron chi connectivity index (χ2n) is 7.79. The molecule has 2 aliphatic rings. The zero-order chi connectivity index (χ0) is 17.8. The Morgan fingerprint density at radius 3 is 2.48 bits per heavy atom. The van der Waals surface area contributed by atoms with E-state index in [9.17, 15) is 0 Å². The van der Waals surface area contributed by atoms with Crippen molar-refractivity contribution in [3.05, 3.63) is 0 Å². The molecule has 5 heteroatoms. The molecule has 0 aliphatic heterocycles. The summed E-state index contributed by atoms with van der Waals surface area (Å²) in [7, 11) is 3.65. The average Bonchev–Trinajstić information content (AvgIpc) is 3.12. The van der Waals surface area contributed by atoms with Gasteiger partial charge in [0.1, 0.15) is 0 Å². The first kappa shape index (κ1) is 20.5. The predicted octanol–water partition coefficient (Wildman–Crippen LogP) is 3.49. The Labute approximate surface area is 154 Å². The average molecular weight is 354 g/mol. The van der Waals surface area contributed by atoms with Crippen molar-refractivity contribution in [3.63, 3.8) is 0 Å². The molecule has 0 aromatic heterocycles. The van der Waals surface area contributed by atoms with Crippen LogP contribution in [0.15, 0.2) is 4.99 Å². The van der Waals surface area contributed by atoms with E-state index in [1.807, 2.05) is 7.05 Å². The van der Waals surface area contributed by atoms with Crippen molar-refractivity contribution in [2.75, 3.05) is 40.5 Å². The zero-order valence-corrected chi connectivity index (χ0v) is 16.4. The number of aliphatic imine (C=N–C) groups is 1. The van der Waals surface area contributed by atoms with Crippen LogP contribution in [-0.4, -0.2) is 52.5 Å². The Kier molecular flexibility index (Phi) is 9.63. The van der Waals surface area contributed by atoms with E-state index in [2.05, 4.69) is 15.6 Å². The van der Waals surface area contributed by atoms with Gasteiger partial charge in [-0.3, -0.25) is 4.99 Å². The summed E-state index contributed by atoms with van der Waals surface area (Å²) in [6, 6.07) is 0. The highest BCUT2D eigenvalue weighted by Gasteiger charge is 2.33. The molecule has 2 rings (SSSR count). The first-order chi connectivity index (χ1) is 12.3. The molecule has 2 aliphatic carbocycles. The summed E-state index contributed by atoms with van der Waals surface area (Å²) < 4.78 is 11.3. The van der Waals surface area contributed by atoms with Crippen LogP contribution in [0, 0.1) is 5.41 Å². The molecule has 146 valence electrons. The van der Waals surface area contributed by atoms with E-state index < -0.39 is 0 Å². The van der Waals surface area contributed by atoms with Crippen molar-refractivity contribution in [3.8, 4) is 0 Å². The summed E-state index contributed by atoms with van der Waals surface area (Å²) in [5, 5.41) is 6.98. The van der Waals surface area contributed by atoms with Crippen LogP contribution in [0.5, 0.6) is 0 Å². The predicted molar refractivity (Wildman–Crippen MR) is 104 cm³/mol. The van der Waals surface area contributed by atoms with Gasteiger partial charge in [-0.15, -0.1) is 0 Å². The fourth-order valence-corrected chi connectivity index (χ4v) is 4.21. The van der Waals surface area contributed by atoms with Crippen molar-refractivity contribution in [2.45, 2.75) is 76.7 Å². The number of hydrogen-bond acceptors (Lipinski definition) is 3. The smallest absolute Gasteiger partial charge is 0.190 e. The molecule has 0 bridgehead atoms. The third-order valence-corrected chi connectivity index (χ3v) is 5.87. The van der Waals surface area contributed by atoms with Crippen LogP contribution in [0.1, 0.15) is 70.6 Å². The zero-order valence-electron chi connectivity index (χ0n) is 16.4. The Morgan fingerprint density at radius 2 is 1.80 bits per heavy atom. The number of guanidine groups is 1. The van der Waals surface area contributed by atoms with Gasteiger partial charge in [0.15, 0.2) is 5.96 Å². The van der Waals surface area contributed by atoms with Gasteiger partial charge >= 0.3 is 0 Å². The second-order valence-corrected chi connectivity index (χ2v) is 7.79. The van der Waals surface area contributed by atoms with Gasteiger partial charge in [0.25, 0.3) is 0 Å². The third kappa shape index (κ3) is 7.53. The molecule has 0 heterocycles. The maximum absolute atomic E-state index is 5.99. The molecule has 0 saturated heterocycles. The molecule has 0 aromatic rings. The highest BCUT2D eigenvalue weighted by molar-refractivity contribution is 5.79. The third-order valence-electron chi connectivity index (χ3n) is 5.87. The normalized spacial score (nSPS) is 21.4. The summed E-state index contributed by atoms with van der Waals surface area (Å²) in [5.41, 5.74) is 0.387. The minimum Gasteiger partial charge on any atom is -0.385 e. The van der Waals surface area contributed by atoms with Gasteiger partial charge in [-0.05, 0) is 43.9 Å². The van der Waals surface area contributed by atoms with Gasteiger partial charge in [-0.1, -0.05) is 32.1 Å². The lowest BCUT2D eigenvalue weighted by Crippen LogP contribution is -2.43. The summed E-state index contributed by atoms with van der Waals surface area (Å²) in [5.74, 6) is 0.918. The van der Waals surface area contributed by atoms with E-state index in [4.69, 9.17) is 9.47 Å². The van der Waals surface area contributed by atoms with Gasteiger partial charge in [0.2, 0.25) is 0 Å². The molecule has 5 nitrogen and oxygen atoms in total. The van der Waals surface area contributed by atoms with E-state index >= 15 is 0 Å². The number of ether oxygens (including phenoxy) is 2. The lowest BCUT2D eigenvalue weighted by atomic mass is 9.83. The van der Waals surface area contributed by atoms with Crippen LogP contribution in [-0.2, 0) is 9.47 Å². The van der Waals surface area contributed by atoms with Gasteiger partial charge in [-0.2, -0.15) is 0 Å². The molecule has 0 radical (unpaired) electrons. The van der Waals surface area contributed by atoms with Crippen molar-refractivity contribution in [1.29, 1.82) is 0 Å². The molecular formula is C20H39N3O2. The highest BCUT2D eigenvalue weighted by Crippen LogP contribution is 2.40. The van der Waals surface area contributed by atoms with E-state index in [1.54, 1.807) is 7.11 Å². The molecule has 0 unspecified atom stereocenters. The van der Waals surface area contributed by atoms with E-state index in [0.717, 1.165) is 45.1 Å². The van der Waals surface area contributed by atoms with E-state index in [-0.39, 0.29) is 0 Å². The van der Waals surface area contributed by atoms with Gasteiger partial charge in [0, 0.05) is 40.5 Å². The Bertz CT molecular complexity index is 375. The van der Waals surface area contributed by atoms with E-state index in [0.29, 0.717) is 11.5 Å². The molecule has 2 fully saturated rings. The monoisotopic (exact) mass is 353 g/mol. The summed E-state index contributed by atoms with van der Waals surface area (Å²) in [6.45, 7) is 3.62. The number of hydrogen-bond donors (Lipinski definition) is 2. The van der Waals surface area contributed by atoms with Gasteiger partial charge in [0.05, 0.1) is 6.10 Å². The van der Waals surface area contributed by atoms with Crippen LogP contribution >= 0.6 is 0 Å². The van der Waals surface area contributed by atoms with Crippen molar-refractivity contribution < 1.29 is 9.47 Å². The lowest BCUT2D eigenvalue weighted by molar-refractivity contribution is 0.0277. The molecule has 25 heavy (non-hydrogen) atoms. The second kappa shape index (κ2) is 11.7. The van der Waals surface area contributed by atoms with Crippen LogP contribution in [0.25, 0.3) is 0 Å². The molecular weight excluding hydrogens is 314 g/mol. The Balaban J connectivity index is 1.59. The van der Waals surface area contributed by atoms with Crippen molar-refractivity contribution >= 4 is 5.96 Å².